The van der Waals surface area contributed by atoms with E-state index in [2.05, 4.69) is 20.3 Å². The molecule has 1 heterocycles. The zero-order valence-electron chi connectivity index (χ0n) is 16.5. The van der Waals surface area contributed by atoms with Crippen molar-refractivity contribution in [3.63, 3.8) is 0 Å². The number of esters is 1. The number of hydrogen-bond acceptors (Lipinski definition) is 9. The van der Waals surface area contributed by atoms with Crippen LogP contribution in [0.5, 0.6) is 0 Å². The number of nitrogens with zero attached hydrogens (tertiary/aromatic N) is 4. The number of carbonyl (C=O) groups excluding carboxylic acids is 2. The van der Waals surface area contributed by atoms with Gasteiger partial charge in [-0.05, 0) is 44.5 Å². The largest absolute Gasteiger partial charge is 0.465 e. The Hall–Kier alpha value is -2.99. The molecule has 13 heteroatoms. The second kappa shape index (κ2) is 10.2. The first-order valence-corrected chi connectivity index (χ1v) is 10.7. The number of amides is 2. The molecular formula is C17H21ClN6O5S. The number of urea groups is 1. The number of aryl methyl sites for hydroxylation is 1. The van der Waals surface area contributed by atoms with E-state index in [-0.39, 0.29) is 28.7 Å². The molecular weight excluding hydrogens is 436 g/mol. The summed E-state index contributed by atoms with van der Waals surface area (Å²) < 4.78 is 31.9. The summed E-state index contributed by atoms with van der Waals surface area (Å²) in [4.78, 5) is 37.0. The zero-order valence-corrected chi connectivity index (χ0v) is 18.1. The molecule has 0 radical (unpaired) electrons. The number of anilines is 2. The lowest BCUT2D eigenvalue weighted by Crippen LogP contribution is -2.46. The Morgan fingerprint density at radius 1 is 1.13 bits per heavy atom. The normalized spacial score (nSPS) is 10.9. The highest BCUT2D eigenvalue weighted by Gasteiger charge is 2.28. The van der Waals surface area contributed by atoms with Crippen LogP contribution in [-0.4, -0.2) is 55.1 Å². The van der Waals surface area contributed by atoms with Gasteiger partial charge in [0.05, 0.1) is 11.5 Å². The van der Waals surface area contributed by atoms with E-state index < -0.39 is 28.6 Å². The molecule has 0 aliphatic carbocycles. The van der Waals surface area contributed by atoms with Crippen molar-refractivity contribution in [3.8, 4) is 0 Å². The first kappa shape index (κ1) is 23.3. The molecule has 2 aromatic rings. The van der Waals surface area contributed by atoms with E-state index in [0.29, 0.717) is 11.4 Å². The van der Waals surface area contributed by atoms with Gasteiger partial charge in [0.15, 0.2) is 0 Å². The molecule has 0 saturated heterocycles. The van der Waals surface area contributed by atoms with Crippen molar-refractivity contribution in [2.24, 2.45) is 0 Å². The van der Waals surface area contributed by atoms with Crippen molar-refractivity contribution in [2.45, 2.75) is 25.7 Å². The molecule has 0 aliphatic rings. The highest BCUT2D eigenvalue weighted by Crippen LogP contribution is 2.16. The molecule has 162 valence electrons. The molecule has 2 amide bonds. The van der Waals surface area contributed by atoms with E-state index >= 15 is 0 Å². The first-order chi connectivity index (χ1) is 14.2. The SMILES string of the molecule is CCNc1nc(Cl)nc(N(CC(=O)OCC)C(=O)NS(=O)(=O)c2ccc(C)cc2)n1. The molecule has 1 aromatic heterocycles. The molecule has 1 aromatic carbocycles. The lowest BCUT2D eigenvalue weighted by atomic mass is 10.2. The average Bonchev–Trinajstić information content (AvgIpc) is 2.66. The Morgan fingerprint density at radius 2 is 1.80 bits per heavy atom. The summed E-state index contributed by atoms with van der Waals surface area (Å²) in [5, 5.41) is 2.55. The third kappa shape index (κ3) is 6.26. The fraction of sp³-hybridized carbons (Fsp3) is 0.353. The number of halogens is 1. The number of rotatable bonds is 8. The van der Waals surface area contributed by atoms with Crippen LogP contribution in [0.4, 0.5) is 16.7 Å². The first-order valence-electron chi connectivity index (χ1n) is 8.88. The van der Waals surface area contributed by atoms with E-state index in [1.807, 2.05) is 4.72 Å². The van der Waals surface area contributed by atoms with Crippen LogP contribution in [0.3, 0.4) is 0 Å². The fourth-order valence-corrected chi connectivity index (χ4v) is 3.32. The van der Waals surface area contributed by atoms with Crippen LogP contribution in [-0.2, 0) is 19.6 Å². The summed E-state index contributed by atoms with van der Waals surface area (Å²) in [6.45, 7) is 5.04. The monoisotopic (exact) mass is 456 g/mol. The molecule has 2 N–H and O–H groups in total. The number of sulfonamides is 1. The predicted molar refractivity (Wildman–Crippen MR) is 110 cm³/mol. The maximum absolute atomic E-state index is 12.8. The van der Waals surface area contributed by atoms with Gasteiger partial charge in [0.1, 0.15) is 6.54 Å². The number of carbonyl (C=O) groups is 2. The highest BCUT2D eigenvalue weighted by molar-refractivity contribution is 7.90. The summed E-state index contributed by atoms with van der Waals surface area (Å²) >= 11 is 5.88. The number of ether oxygens (including phenoxy) is 1. The van der Waals surface area contributed by atoms with E-state index in [0.717, 1.165) is 5.56 Å². The molecule has 2 rings (SSSR count). The Kier molecular flexibility index (Phi) is 7.89. The Balaban J connectivity index is 2.38. The summed E-state index contributed by atoms with van der Waals surface area (Å²) in [7, 11) is -4.22. The lowest BCUT2D eigenvalue weighted by molar-refractivity contribution is -0.141. The van der Waals surface area contributed by atoms with Gasteiger partial charge in [-0.1, -0.05) is 17.7 Å². The lowest BCUT2D eigenvalue weighted by Gasteiger charge is -2.20. The number of hydrogen-bond donors (Lipinski definition) is 2. The summed E-state index contributed by atoms with van der Waals surface area (Å²) in [6, 6.07) is 4.72. The number of benzene rings is 1. The maximum Gasteiger partial charge on any atom is 0.338 e. The second-order valence-corrected chi connectivity index (χ2v) is 7.89. The molecule has 0 bridgehead atoms. The van der Waals surface area contributed by atoms with Crippen LogP contribution in [0.15, 0.2) is 29.2 Å². The van der Waals surface area contributed by atoms with Gasteiger partial charge in [-0.15, -0.1) is 0 Å². The summed E-state index contributed by atoms with van der Waals surface area (Å²) in [5.74, 6) is -1.06. The standard InChI is InChI=1S/C17H21ClN6O5S/c1-4-19-15-20-14(18)21-16(22-15)24(10-13(25)29-5-2)17(26)23-30(27,28)12-8-6-11(3)7-9-12/h6-9H,4-5,10H2,1-3H3,(H,23,26)(H,19,20,21,22). The van der Waals surface area contributed by atoms with Gasteiger partial charge in [-0.25, -0.2) is 17.9 Å². The molecule has 0 saturated carbocycles. The minimum atomic E-state index is -4.22. The van der Waals surface area contributed by atoms with Crippen LogP contribution in [0.1, 0.15) is 19.4 Å². The van der Waals surface area contributed by atoms with Crippen LogP contribution in [0.2, 0.25) is 5.28 Å². The molecule has 0 unspecified atom stereocenters. The Morgan fingerprint density at radius 3 is 2.40 bits per heavy atom. The predicted octanol–water partition coefficient (Wildman–Crippen LogP) is 1.73. The van der Waals surface area contributed by atoms with Gasteiger partial charge < -0.3 is 10.1 Å². The molecule has 0 aliphatic heterocycles. The molecule has 0 fully saturated rings. The van der Waals surface area contributed by atoms with E-state index in [1.54, 1.807) is 32.9 Å². The smallest absolute Gasteiger partial charge is 0.338 e. The number of nitrogens with one attached hydrogen (secondary N) is 2. The van der Waals surface area contributed by atoms with Gasteiger partial charge in [-0.2, -0.15) is 15.0 Å². The fourth-order valence-electron chi connectivity index (χ4n) is 2.21. The quantitative estimate of drug-likeness (QED) is 0.567. The van der Waals surface area contributed by atoms with Crippen molar-refractivity contribution in [3.05, 3.63) is 35.1 Å². The van der Waals surface area contributed by atoms with Crippen LogP contribution >= 0.6 is 11.6 Å². The minimum Gasteiger partial charge on any atom is -0.465 e. The van der Waals surface area contributed by atoms with Crippen molar-refractivity contribution in [2.75, 3.05) is 29.9 Å². The second-order valence-electron chi connectivity index (χ2n) is 5.87. The van der Waals surface area contributed by atoms with Crippen LogP contribution in [0, 0.1) is 6.92 Å². The third-order valence-corrected chi connectivity index (χ3v) is 5.07. The molecule has 11 nitrogen and oxygen atoms in total. The molecule has 30 heavy (non-hydrogen) atoms. The molecule has 0 atom stereocenters. The minimum absolute atomic E-state index is 0.0514. The van der Waals surface area contributed by atoms with Crippen molar-refractivity contribution in [1.29, 1.82) is 0 Å². The molecule has 0 spiro atoms. The van der Waals surface area contributed by atoms with Crippen molar-refractivity contribution >= 4 is 45.5 Å². The van der Waals surface area contributed by atoms with Crippen molar-refractivity contribution in [1.82, 2.24) is 19.7 Å². The number of aromatic nitrogens is 3. The average molecular weight is 457 g/mol. The Bertz CT molecular complexity index is 1020. The summed E-state index contributed by atoms with van der Waals surface area (Å²) in [5.41, 5.74) is 0.847. The maximum atomic E-state index is 12.8. The third-order valence-electron chi connectivity index (χ3n) is 3.56. The van der Waals surface area contributed by atoms with E-state index in [4.69, 9.17) is 16.3 Å². The van der Waals surface area contributed by atoms with Gasteiger partial charge in [0.25, 0.3) is 10.0 Å². The van der Waals surface area contributed by atoms with Gasteiger partial charge in [-0.3, -0.25) is 9.69 Å². The highest BCUT2D eigenvalue weighted by atomic mass is 35.5. The topological polar surface area (TPSA) is 143 Å². The van der Waals surface area contributed by atoms with Gasteiger partial charge >= 0.3 is 12.0 Å². The van der Waals surface area contributed by atoms with Gasteiger partial charge in [0.2, 0.25) is 17.2 Å². The van der Waals surface area contributed by atoms with Gasteiger partial charge in [0, 0.05) is 6.54 Å². The van der Waals surface area contributed by atoms with Crippen LogP contribution in [0.25, 0.3) is 0 Å². The van der Waals surface area contributed by atoms with Crippen LogP contribution < -0.4 is 14.9 Å². The van der Waals surface area contributed by atoms with E-state index in [1.165, 1.54) is 12.1 Å². The van der Waals surface area contributed by atoms with Crippen molar-refractivity contribution < 1.29 is 22.7 Å². The Labute approximate surface area is 178 Å². The summed E-state index contributed by atoms with van der Waals surface area (Å²) in [6.07, 6.45) is 0. The van der Waals surface area contributed by atoms with E-state index in [9.17, 15) is 18.0 Å². The zero-order chi connectivity index (χ0) is 22.3.